The summed E-state index contributed by atoms with van der Waals surface area (Å²) in [6.45, 7) is 5.63. The van der Waals surface area contributed by atoms with Crippen molar-refractivity contribution in [2.24, 2.45) is 0 Å². The van der Waals surface area contributed by atoms with Crippen molar-refractivity contribution in [3.8, 4) is 0 Å². The third-order valence-corrected chi connectivity index (χ3v) is 2.51. The molecule has 2 bridgehead atoms. The molecular weight excluding hydrogens is 152 g/mol. The molecule has 64 valence electrons. The fourth-order valence-electron chi connectivity index (χ4n) is 1.95. The predicted molar refractivity (Wildman–Crippen MR) is 45.8 cm³/mol. The van der Waals surface area contributed by atoms with E-state index in [9.17, 15) is 4.79 Å². The fourth-order valence-corrected chi connectivity index (χ4v) is 1.95. The molecule has 0 saturated carbocycles. The molecule has 2 rings (SSSR count). The van der Waals surface area contributed by atoms with E-state index in [0.29, 0.717) is 12.8 Å². The van der Waals surface area contributed by atoms with Crippen LogP contribution in [0, 0.1) is 0 Å². The summed E-state index contributed by atoms with van der Waals surface area (Å²) in [6.07, 6.45) is 6.58. The van der Waals surface area contributed by atoms with Gasteiger partial charge in [0.05, 0.1) is 5.60 Å². The number of hydrogen-bond acceptors (Lipinski definition) is 2. The van der Waals surface area contributed by atoms with Gasteiger partial charge in [-0.05, 0) is 13.0 Å². The van der Waals surface area contributed by atoms with Crippen LogP contribution in [0.1, 0.15) is 19.8 Å². The Morgan fingerprint density at radius 2 is 2.33 bits per heavy atom. The molecule has 2 heteroatoms. The van der Waals surface area contributed by atoms with Gasteiger partial charge in [-0.15, -0.1) is 0 Å². The number of carbonyl (C=O) groups excluding carboxylic acids is 1. The lowest BCUT2D eigenvalue weighted by atomic mass is 9.91. The number of hydrogen-bond donors (Lipinski definition) is 0. The Morgan fingerprint density at radius 3 is 3.00 bits per heavy atom. The SMILES string of the molecule is C=C[C@]12C=C[C@](C)(CC(=O)C1)O2. The second-order valence-electron chi connectivity index (χ2n) is 3.80. The zero-order valence-electron chi connectivity index (χ0n) is 7.17. The molecule has 2 aliphatic heterocycles. The van der Waals surface area contributed by atoms with Gasteiger partial charge < -0.3 is 4.74 Å². The van der Waals surface area contributed by atoms with Crippen LogP contribution in [0.25, 0.3) is 0 Å². The van der Waals surface area contributed by atoms with Gasteiger partial charge >= 0.3 is 0 Å². The Balaban J connectivity index is 2.38. The molecule has 0 aromatic heterocycles. The van der Waals surface area contributed by atoms with Crippen molar-refractivity contribution in [2.75, 3.05) is 0 Å². The lowest BCUT2D eigenvalue weighted by Crippen LogP contribution is -2.42. The second-order valence-corrected chi connectivity index (χ2v) is 3.80. The molecule has 0 amide bonds. The maximum Gasteiger partial charge on any atom is 0.139 e. The zero-order valence-corrected chi connectivity index (χ0v) is 7.17. The molecule has 0 unspecified atom stereocenters. The molecule has 2 nitrogen and oxygen atoms in total. The highest BCUT2D eigenvalue weighted by atomic mass is 16.5. The number of ketones is 1. The second kappa shape index (κ2) is 2.07. The van der Waals surface area contributed by atoms with Gasteiger partial charge in [0.1, 0.15) is 11.4 Å². The molecule has 0 aromatic rings. The summed E-state index contributed by atoms with van der Waals surface area (Å²) < 4.78 is 5.74. The van der Waals surface area contributed by atoms with Crippen LogP contribution in [0.15, 0.2) is 24.8 Å². The Morgan fingerprint density at radius 1 is 1.58 bits per heavy atom. The van der Waals surface area contributed by atoms with E-state index in [1.165, 1.54) is 0 Å². The Bertz CT molecular complexity index is 280. The van der Waals surface area contributed by atoms with Gasteiger partial charge in [-0.2, -0.15) is 0 Å². The van der Waals surface area contributed by atoms with E-state index >= 15 is 0 Å². The van der Waals surface area contributed by atoms with Crippen LogP contribution < -0.4 is 0 Å². The van der Waals surface area contributed by atoms with Crippen molar-refractivity contribution in [3.63, 3.8) is 0 Å². The monoisotopic (exact) mass is 164 g/mol. The molecule has 1 saturated heterocycles. The summed E-state index contributed by atoms with van der Waals surface area (Å²) in [4.78, 5) is 11.3. The molecule has 2 aliphatic rings. The number of Topliss-reactive ketones (excluding diaryl/α,β-unsaturated/α-hetero) is 1. The molecule has 0 aliphatic carbocycles. The number of ether oxygens (including phenoxy) is 1. The largest absolute Gasteiger partial charge is 0.356 e. The first-order valence-corrected chi connectivity index (χ1v) is 4.13. The normalized spacial score (nSPS) is 44.9. The van der Waals surface area contributed by atoms with E-state index in [-0.39, 0.29) is 11.4 Å². The molecule has 2 atom stereocenters. The Kier molecular flexibility index (Phi) is 1.34. The van der Waals surface area contributed by atoms with E-state index < -0.39 is 5.60 Å². The predicted octanol–water partition coefficient (Wildman–Crippen LogP) is 1.62. The highest BCUT2D eigenvalue weighted by Gasteiger charge is 2.47. The number of rotatable bonds is 1. The van der Waals surface area contributed by atoms with Crippen LogP contribution in [-0.4, -0.2) is 17.0 Å². The minimum atomic E-state index is -0.496. The summed E-state index contributed by atoms with van der Waals surface area (Å²) in [5.41, 5.74) is -0.867. The van der Waals surface area contributed by atoms with E-state index in [4.69, 9.17) is 4.74 Å². The van der Waals surface area contributed by atoms with Gasteiger partial charge in [0, 0.05) is 12.8 Å². The van der Waals surface area contributed by atoms with E-state index in [2.05, 4.69) is 6.58 Å². The quantitative estimate of drug-likeness (QED) is 0.550. The lowest BCUT2D eigenvalue weighted by molar-refractivity contribution is -0.143. The van der Waals surface area contributed by atoms with Crippen LogP contribution in [-0.2, 0) is 9.53 Å². The third-order valence-electron chi connectivity index (χ3n) is 2.51. The molecule has 2 heterocycles. The molecule has 0 spiro atoms. The fraction of sp³-hybridized carbons (Fsp3) is 0.500. The first-order valence-electron chi connectivity index (χ1n) is 4.13. The van der Waals surface area contributed by atoms with Gasteiger partial charge in [-0.25, -0.2) is 0 Å². The minimum Gasteiger partial charge on any atom is -0.356 e. The van der Waals surface area contributed by atoms with Crippen molar-refractivity contribution in [1.29, 1.82) is 0 Å². The van der Waals surface area contributed by atoms with Gasteiger partial charge in [-0.3, -0.25) is 4.79 Å². The standard InChI is InChI=1S/C10H12O2/c1-3-10-5-4-9(2,12-10)6-8(11)7-10/h3-5H,1,6-7H2,2H3/t9-,10+/m1/s1. The summed E-state index contributed by atoms with van der Waals surface area (Å²) >= 11 is 0. The average molecular weight is 164 g/mol. The maximum absolute atomic E-state index is 11.3. The summed E-state index contributed by atoms with van der Waals surface area (Å²) in [5.74, 6) is 0.258. The van der Waals surface area contributed by atoms with Crippen LogP contribution in [0.4, 0.5) is 0 Å². The smallest absolute Gasteiger partial charge is 0.139 e. The molecule has 0 aromatic carbocycles. The molecule has 0 N–H and O–H groups in total. The zero-order chi connectivity index (χ0) is 8.82. The van der Waals surface area contributed by atoms with Crippen LogP contribution in [0.3, 0.4) is 0 Å². The molecular formula is C10H12O2. The van der Waals surface area contributed by atoms with Crippen molar-refractivity contribution >= 4 is 5.78 Å². The first-order chi connectivity index (χ1) is 5.58. The summed E-state index contributed by atoms with van der Waals surface area (Å²) in [5, 5.41) is 0. The Hall–Kier alpha value is -0.890. The summed E-state index contributed by atoms with van der Waals surface area (Å²) in [6, 6.07) is 0. The van der Waals surface area contributed by atoms with Gasteiger partial charge in [0.25, 0.3) is 0 Å². The first kappa shape index (κ1) is 7.74. The van der Waals surface area contributed by atoms with Gasteiger partial charge in [0.2, 0.25) is 0 Å². The van der Waals surface area contributed by atoms with Gasteiger partial charge in [0.15, 0.2) is 0 Å². The highest BCUT2D eigenvalue weighted by molar-refractivity contribution is 5.83. The van der Waals surface area contributed by atoms with Crippen molar-refractivity contribution < 1.29 is 9.53 Å². The van der Waals surface area contributed by atoms with Gasteiger partial charge in [-0.1, -0.05) is 18.7 Å². The topological polar surface area (TPSA) is 26.3 Å². The van der Waals surface area contributed by atoms with Crippen molar-refractivity contribution in [3.05, 3.63) is 24.8 Å². The summed E-state index contributed by atoms with van der Waals surface area (Å²) in [7, 11) is 0. The molecule has 1 fully saturated rings. The molecule has 12 heavy (non-hydrogen) atoms. The van der Waals surface area contributed by atoms with E-state index in [1.54, 1.807) is 6.08 Å². The number of fused-ring (bicyclic) bond motifs is 2. The van der Waals surface area contributed by atoms with E-state index in [1.807, 2.05) is 19.1 Å². The van der Waals surface area contributed by atoms with Crippen LogP contribution in [0.2, 0.25) is 0 Å². The minimum absolute atomic E-state index is 0.258. The number of carbonyl (C=O) groups is 1. The van der Waals surface area contributed by atoms with Crippen molar-refractivity contribution in [1.82, 2.24) is 0 Å². The lowest BCUT2D eigenvalue weighted by Gasteiger charge is -2.35. The average Bonchev–Trinajstić information content (AvgIpc) is 2.23. The third kappa shape index (κ3) is 0.950. The van der Waals surface area contributed by atoms with E-state index in [0.717, 1.165) is 0 Å². The van der Waals surface area contributed by atoms with Crippen LogP contribution >= 0.6 is 0 Å². The Labute approximate surface area is 71.9 Å². The van der Waals surface area contributed by atoms with Crippen LogP contribution in [0.5, 0.6) is 0 Å². The highest BCUT2D eigenvalue weighted by Crippen LogP contribution is 2.41. The van der Waals surface area contributed by atoms with Crippen molar-refractivity contribution in [2.45, 2.75) is 31.0 Å². The maximum atomic E-state index is 11.3. The molecule has 0 radical (unpaired) electrons.